The van der Waals surface area contributed by atoms with Crippen molar-refractivity contribution in [3.8, 4) is 5.75 Å². The molecule has 0 radical (unpaired) electrons. The number of rotatable bonds is 6. The van der Waals surface area contributed by atoms with E-state index in [4.69, 9.17) is 15.2 Å². The summed E-state index contributed by atoms with van der Waals surface area (Å²) in [5.41, 5.74) is 6.56. The Morgan fingerprint density at radius 2 is 1.88 bits per heavy atom. The van der Waals surface area contributed by atoms with Gasteiger partial charge in [0.1, 0.15) is 17.4 Å². The molecule has 0 aliphatic heterocycles. The molecular formula is C18H27NO5. The van der Waals surface area contributed by atoms with E-state index in [0.717, 1.165) is 0 Å². The number of ether oxygens (including phenoxy) is 2. The molecule has 1 unspecified atom stereocenters. The van der Waals surface area contributed by atoms with E-state index < -0.39 is 17.6 Å². The quantitative estimate of drug-likeness (QED) is 0.774. The first-order valence-corrected chi connectivity index (χ1v) is 7.99. The van der Waals surface area contributed by atoms with Crippen LogP contribution in [0.25, 0.3) is 0 Å². The third kappa shape index (κ3) is 6.58. The molecule has 0 aliphatic carbocycles. The van der Waals surface area contributed by atoms with Gasteiger partial charge in [-0.25, -0.2) is 4.79 Å². The maximum atomic E-state index is 12.0. The molecule has 0 amide bonds. The highest BCUT2D eigenvalue weighted by Crippen LogP contribution is 2.24. The van der Waals surface area contributed by atoms with E-state index in [2.05, 4.69) is 0 Å². The molecule has 24 heavy (non-hydrogen) atoms. The Labute approximate surface area is 142 Å². The number of carbonyl (C=O) groups excluding carboxylic acids is 2. The first kappa shape index (κ1) is 20.0. The zero-order valence-electron chi connectivity index (χ0n) is 15.0. The van der Waals surface area contributed by atoms with Crippen molar-refractivity contribution >= 4 is 11.9 Å². The van der Waals surface area contributed by atoms with Gasteiger partial charge in [-0.3, -0.25) is 4.79 Å². The molecule has 1 rings (SSSR count). The highest BCUT2D eigenvalue weighted by atomic mass is 16.6. The predicted octanol–water partition coefficient (Wildman–Crippen LogP) is 2.62. The van der Waals surface area contributed by atoms with Crippen LogP contribution in [0.2, 0.25) is 0 Å². The van der Waals surface area contributed by atoms with Gasteiger partial charge in [-0.15, -0.1) is 0 Å². The summed E-state index contributed by atoms with van der Waals surface area (Å²) in [4.78, 5) is 23.9. The number of nitrogens with two attached hydrogens (primary N) is 1. The Kier molecular flexibility index (Phi) is 6.78. The Balaban J connectivity index is 2.89. The topological polar surface area (TPSA) is 98.9 Å². The second-order valence-corrected chi connectivity index (χ2v) is 6.93. The number of benzene rings is 1. The fourth-order valence-corrected chi connectivity index (χ4v) is 2.17. The molecule has 0 aliphatic rings. The average molecular weight is 337 g/mol. The van der Waals surface area contributed by atoms with Gasteiger partial charge in [0.25, 0.3) is 0 Å². The molecule has 1 aromatic carbocycles. The molecule has 0 bridgehead atoms. The average Bonchev–Trinajstić information content (AvgIpc) is 2.42. The largest absolute Gasteiger partial charge is 0.508 e. The van der Waals surface area contributed by atoms with Gasteiger partial charge in [-0.2, -0.15) is 0 Å². The van der Waals surface area contributed by atoms with E-state index in [0.29, 0.717) is 17.5 Å². The summed E-state index contributed by atoms with van der Waals surface area (Å²) in [5.74, 6) is -0.855. The van der Waals surface area contributed by atoms with Crippen molar-refractivity contribution in [2.75, 3.05) is 0 Å². The van der Waals surface area contributed by atoms with E-state index >= 15 is 0 Å². The third-order valence-corrected chi connectivity index (χ3v) is 3.09. The van der Waals surface area contributed by atoms with Gasteiger partial charge in [0.05, 0.1) is 6.10 Å². The normalized spacial score (nSPS) is 12.8. The molecular weight excluding hydrogens is 310 g/mol. The highest BCUT2D eigenvalue weighted by molar-refractivity contribution is 5.78. The van der Waals surface area contributed by atoms with E-state index in [1.807, 2.05) is 0 Å². The Morgan fingerprint density at radius 1 is 1.25 bits per heavy atom. The van der Waals surface area contributed by atoms with Crippen LogP contribution in [0.5, 0.6) is 5.75 Å². The monoisotopic (exact) mass is 337 g/mol. The Hall–Kier alpha value is -2.08. The van der Waals surface area contributed by atoms with Gasteiger partial charge in [0, 0.05) is 6.42 Å². The number of phenolic OH excluding ortho intramolecular Hbond substituents is 1. The zero-order valence-corrected chi connectivity index (χ0v) is 15.0. The number of phenols is 1. The van der Waals surface area contributed by atoms with Crippen LogP contribution in [0.1, 0.15) is 58.2 Å². The van der Waals surface area contributed by atoms with Gasteiger partial charge < -0.3 is 20.3 Å². The van der Waals surface area contributed by atoms with Gasteiger partial charge in [0.2, 0.25) is 0 Å². The minimum Gasteiger partial charge on any atom is -0.508 e. The van der Waals surface area contributed by atoms with Crippen molar-refractivity contribution in [3.63, 3.8) is 0 Å². The summed E-state index contributed by atoms with van der Waals surface area (Å²) in [6.45, 7) is 8.86. The van der Waals surface area contributed by atoms with Crippen molar-refractivity contribution in [1.82, 2.24) is 0 Å². The highest BCUT2D eigenvalue weighted by Gasteiger charge is 2.23. The lowest BCUT2D eigenvalue weighted by atomic mass is 9.97. The van der Waals surface area contributed by atoms with E-state index in [1.54, 1.807) is 40.7 Å². The van der Waals surface area contributed by atoms with Gasteiger partial charge in [-0.1, -0.05) is 6.07 Å². The Bertz CT molecular complexity index is 590. The fourth-order valence-electron chi connectivity index (χ4n) is 2.17. The molecule has 3 N–H and O–H groups in total. The van der Waals surface area contributed by atoms with E-state index in [-0.39, 0.29) is 24.2 Å². The maximum Gasteiger partial charge on any atom is 0.327 e. The lowest BCUT2D eigenvalue weighted by Gasteiger charge is -2.20. The molecule has 134 valence electrons. The van der Waals surface area contributed by atoms with E-state index in [9.17, 15) is 14.7 Å². The van der Waals surface area contributed by atoms with Crippen LogP contribution in [-0.2, 0) is 25.5 Å². The molecule has 0 fully saturated rings. The smallest absolute Gasteiger partial charge is 0.327 e. The number of aromatic hydroxyl groups is 1. The lowest BCUT2D eigenvalue weighted by molar-refractivity contribution is -0.154. The lowest BCUT2D eigenvalue weighted by Crippen LogP contribution is -2.27. The van der Waals surface area contributed by atoms with Gasteiger partial charge in [0.15, 0.2) is 0 Å². The fraction of sp³-hybridized carbons (Fsp3) is 0.556. The van der Waals surface area contributed by atoms with E-state index in [1.165, 1.54) is 12.1 Å². The second kappa shape index (κ2) is 8.15. The second-order valence-electron chi connectivity index (χ2n) is 6.93. The Morgan fingerprint density at radius 3 is 2.42 bits per heavy atom. The molecule has 0 saturated carbocycles. The minimum absolute atomic E-state index is 0.0439. The number of carbonyl (C=O) groups is 2. The van der Waals surface area contributed by atoms with Crippen LogP contribution < -0.4 is 5.73 Å². The van der Waals surface area contributed by atoms with Crippen LogP contribution in [0.4, 0.5) is 0 Å². The SMILES string of the molecule is CC(C)OC(=O)C(N)c1ccc(O)cc1CCC(=O)OC(C)(C)C. The van der Waals surface area contributed by atoms with Crippen molar-refractivity contribution < 1.29 is 24.2 Å². The van der Waals surface area contributed by atoms with Crippen LogP contribution in [-0.4, -0.2) is 28.8 Å². The molecule has 0 saturated heterocycles. The molecule has 1 atom stereocenters. The summed E-state index contributed by atoms with van der Waals surface area (Å²) in [5, 5.41) is 9.68. The summed E-state index contributed by atoms with van der Waals surface area (Å²) < 4.78 is 10.4. The maximum absolute atomic E-state index is 12.0. The molecule has 1 aromatic rings. The van der Waals surface area contributed by atoms with Crippen LogP contribution in [0, 0.1) is 0 Å². The summed E-state index contributed by atoms with van der Waals surface area (Å²) in [6, 6.07) is 3.56. The number of hydrogen-bond donors (Lipinski definition) is 2. The first-order valence-electron chi connectivity index (χ1n) is 7.99. The predicted molar refractivity (Wildman–Crippen MR) is 90.4 cm³/mol. The van der Waals surface area contributed by atoms with Gasteiger partial charge >= 0.3 is 11.9 Å². The summed E-state index contributed by atoms with van der Waals surface area (Å²) in [6.07, 6.45) is 0.159. The summed E-state index contributed by atoms with van der Waals surface area (Å²) in [7, 11) is 0. The van der Waals surface area contributed by atoms with Crippen molar-refractivity contribution in [1.29, 1.82) is 0 Å². The first-order chi connectivity index (χ1) is 11.0. The minimum atomic E-state index is -0.971. The van der Waals surface area contributed by atoms with Crippen molar-refractivity contribution in [2.45, 2.75) is 65.2 Å². The van der Waals surface area contributed by atoms with Gasteiger partial charge in [-0.05, 0) is 64.3 Å². The summed E-state index contributed by atoms with van der Waals surface area (Å²) >= 11 is 0. The van der Waals surface area contributed by atoms with Crippen LogP contribution in [0.3, 0.4) is 0 Å². The zero-order chi connectivity index (χ0) is 18.5. The standard InChI is InChI=1S/C18H27NO5/c1-11(2)23-17(22)16(19)14-8-7-13(20)10-12(14)6-9-15(21)24-18(3,4)5/h7-8,10-11,16,20H,6,9,19H2,1-5H3. The molecule has 0 aromatic heterocycles. The number of hydrogen-bond acceptors (Lipinski definition) is 6. The number of aryl methyl sites for hydroxylation is 1. The van der Waals surface area contributed by atoms with Crippen LogP contribution in [0.15, 0.2) is 18.2 Å². The van der Waals surface area contributed by atoms with Crippen molar-refractivity contribution in [2.24, 2.45) is 5.73 Å². The molecule has 0 heterocycles. The third-order valence-electron chi connectivity index (χ3n) is 3.09. The molecule has 6 heteroatoms. The van der Waals surface area contributed by atoms with Crippen LogP contribution >= 0.6 is 0 Å². The molecule has 6 nitrogen and oxygen atoms in total. The number of esters is 2. The van der Waals surface area contributed by atoms with Crippen molar-refractivity contribution in [3.05, 3.63) is 29.3 Å². The molecule has 0 spiro atoms.